The van der Waals surface area contributed by atoms with Crippen LogP contribution in [0.4, 0.5) is 4.39 Å². The van der Waals surface area contributed by atoms with Crippen molar-refractivity contribution < 1.29 is 13.6 Å². The Morgan fingerprint density at radius 2 is 2.00 bits per heavy atom. The van der Waals surface area contributed by atoms with Crippen molar-refractivity contribution in [3.63, 3.8) is 0 Å². The number of hydrogen-bond donors (Lipinski definition) is 1. The number of carbonyl (C=O) groups is 1. The van der Waals surface area contributed by atoms with Crippen LogP contribution in [0.3, 0.4) is 0 Å². The predicted molar refractivity (Wildman–Crippen MR) is 105 cm³/mol. The average molecular weight is 396 g/mol. The second-order valence-electron chi connectivity index (χ2n) is 6.14. The van der Waals surface area contributed by atoms with Gasteiger partial charge < -0.3 is 9.73 Å². The summed E-state index contributed by atoms with van der Waals surface area (Å²) in [5.74, 6) is -0.206. The lowest BCUT2D eigenvalue weighted by molar-refractivity contribution is 0.0954. The van der Waals surface area contributed by atoms with Crippen LogP contribution in [-0.4, -0.2) is 22.4 Å². The molecule has 0 aliphatic heterocycles. The first-order chi connectivity index (χ1) is 13.6. The summed E-state index contributed by atoms with van der Waals surface area (Å²) in [4.78, 5) is 20.8. The number of carbonyl (C=O) groups excluding carboxylic acids is 1. The Balaban J connectivity index is 1.49. The van der Waals surface area contributed by atoms with Crippen LogP contribution in [0.2, 0.25) is 5.15 Å². The third-order valence-corrected chi connectivity index (χ3v) is 4.58. The predicted octanol–water partition coefficient (Wildman–Crippen LogP) is 4.65. The summed E-state index contributed by atoms with van der Waals surface area (Å²) in [6, 6.07) is 15.0. The van der Waals surface area contributed by atoms with Gasteiger partial charge in [0.2, 0.25) is 5.89 Å². The smallest absolute Gasteiger partial charge is 0.251 e. The molecule has 0 fully saturated rings. The van der Waals surface area contributed by atoms with Crippen LogP contribution >= 0.6 is 11.6 Å². The van der Waals surface area contributed by atoms with Crippen LogP contribution in [0.5, 0.6) is 0 Å². The van der Waals surface area contributed by atoms with Crippen molar-refractivity contribution in [2.75, 3.05) is 6.54 Å². The number of rotatable bonds is 5. The topological polar surface area (TPSA) is 68.0 Å². The summed E-state index contributed by atoms with van der Waals surface area (Å²) in [7, 11) is 0. The summed E-state index contributed by atoms with van der Waals surface area (Å²) in [6.07, 6.45) is 1.99. The molecule has 4 aromatic rings. The Kier molecular flexibility index (Phi) is 5.04. The lowest BCUT2D eigenvalue weighted by Gasteiger charge is -2.06. The fourth-order valence-electron chi connectivity index (χ4n) is 2.84. The Bertz CT molecular complexity index is 1160. The van der Waals surface area contributed by atoms with E-state index in [9.17, 15) is 9.18 Å². The average Bonchev–Trinajstić information content (AvgIpc) is 3.12. The van der Waals surface area contributed by atoms with E-state index in [0.717, 1.165) is 0 Å². The van der Waals surface area contributed by atoms with Gasteiger partial charge in [0, 0.05) is 18.3 Å². The Hall–Kier alpha value is -3.25. The number of aromatic nitrogens is 2. The third kappa shape index (κ3) is 3.73. The van der Waals surface area contributed by atoms with Crippen molar-refractivity contribution >= 4 is 28.6 Å². The van der Waals surface area contributed by atoms with Gasteiger partial charge in [-0.3, -0.25) is 4.79 Å². The maximum atomic E-state index is 13.6. The maximum Gasteiger partial charge on any atom is 0.251 e. The highest BCUT2D eigenvalue weighted by Crippen LogP contribution is 2.28. The molecule has 2 aromatic carbocycles. The molecule has 1 N–H and O–H groups in total. The van der Waals surface area contributed by atoms with E-state index in [1.807, 2.05) is 0 Å². The van der Waals surface area contributed by atoms with Gasteiger partial charge >= 0.3 is 0 Å². The normalized spacial score (nSPS) is 10.9. The van der Waals surface area contributed by atoms with Gasteiger partial charge in [0.05, 0.1) is 5.56 Å². The van der Waals surface area contributed by atoms with Crippen molar-refractivity contribution in [1.29, 1.82) is 0 Å². The second-order valence-corrected chi connectivity index (χ2v) is 6.50. The van der Waals surface area contributed by atoms with Crippen LogP contribution < -0.4 is 5.32 Å². The number of nitrogens with zero attached hydrogens (tertiary/aromatic N) is 2. The van der Waals surface area contributed by atoms with Crippen molar-refractivity contribution in [1.82, 2.24) is 15.3 Å². The van der Waals surface area contributed by atoms with Gasteiger partial charge in [-0.15, -0.1) is 0 Å². The van der Waals surface area contributed by atoms with Crippen molar-refractivity contribution in [3.8, 4) is 11.5 Å². The molecule has 2 heterocycles. The molecule has 140 valence electrons. The molecular formula is C21H15ClFN3O2. The highest BCUT2D eigenvalue weighted by atomic mass is 35.5. The minimum atomic E-state index is -0.276. The fraction of sp³-hybridized carbons (Fsp3) is 0.0952. The maximum absolute atomic E-state index is 13.6. The second kappa shape index (κ2) is 7.78. The molecule has 0 aliphatic carbocycles. The first-order valence-electron chi connectivity index (χ1n) is 8.65. The molecule has 2 aromatic heterocycles. The van der Waals surface area contributed by atoms with Crippen LogP contribution in [-0.2, 0) is 6.42 Å². The summed E-state index contributed by atoms with van der Waals surface area (Å²) in [5.41, 5.74) is 2.65. The Morgan fingerprint density at radius 1 is 1.14 bits per heavy atom. The summed E-state index contributed by atoms with van der Waals surface area (Å²) >= 11 is 6.08. The zero-order valence-electron chi connectivity index (χ0n) is 14.7. The minimum absolute atomic E-state index is 0.268. The van der Waals surface area contributed by atoms with Crippen molar-refractivity contribution in [2.45, 2.75) is 6.42 Å². The van der Waals surface area contributed by atoms with E-state index in [1.54, 1.807) is 54.7 Å². The number of amides is 1. The Morgan fingerprint density at radius 3 is 2.82 bits per heavy atom. The van der Waals surface area contributed by atoms with Gasteiger partial charge in [0.1, 0.15) is 16.5 Å². The molecule has 7 heteroatoms. The highest BCUT2D eigenvalue weighted by Gasteiger charge is 2.14. The number of pyridine rings is 1. The van der Waals surface area contributed by atoms with E-state index < -0.39 is 0 Å². The van der Waals surface area contributed by atoms with Crippen LogP contribution in [0.1, 0.15) is 15.9 Å². The van der Waals surface area contributed by atoms with E-state index in [-0.39, 0.29) is 11.7 Å². The molecule has 1 amide bonds. The van der Waals surface area contributed by atoms with Gasteiger partial charge in [-0.2, -0.15) is 0 Å². The van der Waals surface area contributed by atoms with Gasteiger partial charge in [0.25, 0.3) is 5.91 Å². The zero-order valence-corrected chi connectivity index (χ0v) is 15.4. The number of hydrogen-bond acceptors (Lipinski definition) is 4. The number of benzene rings is 2. The molecule has 0 saturated heterocycles. The summed E-state index contributed by atoms with van der Waals surface area (Å²) in [6.45, 7) is 0.324. The quantitative estimate of drug-likeness (QED) is 0.499. The first kappa shape index (κ1) is 18.1. The molecule has 28 heavy (non-hydrogen) atoms. The van der Waals surface area contributed by atoms with E-state index in [2.05, 4.69) is 15.3 Å². The summed E-state index contributed by atoms with van der Waals surface area (Å²) in [5, 5.41) is 3.08. The summed E-state index contributed by atoms with van der Waals surface area (Å²) < 4.78 is 19.4. The lowest BCUT2D eigenvalue weighted by Crippen LogP contribution is -2.25. The number of nitrogens with one attached hydrogen (secondary N) is 1. The number of halogens is 2. The van der Waals surface area contributed by atoms with Gasteiger partial charge in [-0.05, 0) is 48.4 Å². The molecule has 0 spiro atoms. The molecule has 4 rings (SSSR count). The lowest BCUT2D eigenvalue weighted by atomic mass is 10.1. The molecule has 0 radical (unpaired) electrons. The highest BCUT2D eigenvalue weighted by molar-refractivity contribution is 6.31. The molecule has 0 aliphatic rings. The zero-order chi connectivity index (χ0) is 19.5. The number of fused-ring (bicyclic) bond motifs is 1. The Labute approximate surface area is 165 Å². The van der Waals surface area contributed by atoms with Crippen LogP contribution in [0.25, 0.3) is 22.6 Å². The number of oxazole rings is 1. The van der Waals surface area contributed by atoms with E-state index in [0.29, 0.717) is 51.8 Å². The van der Waals surface area contributed by atoms with Crippen LogP contribution in [0, 0.1) is 5.82 Å². The molecule has 0 unspecified atom stereocenters. The molecule has 0 saturated carbocycles. The first-order valence-corrected chi connectivity index (χ1v) is 9.03. The van der Waals surface area contributed by atoms with E-state index >= 15 is 0 Å². The molecule has 0 atom stereocenters. The molecule has 0 bridgehead atoms. The molecule has 5 nitrogen and oxygen atoms in total. The van der Waals surface area contributed by atoms with Gasteiger partial charge in [-0.25, -0.2) is 14.4 Å². The monoisotopic (exact) mass is 395 g/mol. The minimum Gasteiger partial charge on any atom is -0.436 e. The van der Waals surface area contributed by atoms with E-state index in [4.69, 9.17) is 16.0 Å². The van der Waals surface area contributed by atoms with Crippen molar-refractivity contribution in [3.05, 3.63) is 82.9 Å². The van der Waals surface area contributed by atoms with Gasteiger partial charge in [-0.1, -0.05) is 29.8 Å². The molecular weight excluding hydrogens is 381 g/mol. The fourth-order valence-corrected chi connectivity index (χ4v) is 3.04. The van der Waals surface area contributed by atoms with Gasteiger partial charge in [0.15, 0.2) is 5.58 Å². The van der Waals surface area contributed by atoms with Crippen LogP contribution in [0.15, 0.2) is 65.2 Å². The SMILES string of the molecule is O=C(NCCc1ccccc1F)c1ccc2nc(-c3cccnc3Cl)oc2c1. The third-order valence-electron chi connectivity index (χ3n) is 4.28. The standard InChI is InChI=1S/C21H15ClFN3O2/c22-19-15(5-3-10-24-19)21-26-17-8-7-14(12-18(17)28-21)20(27)25-11-9-13-4-1-2-6-16(13)23/h1-8,10,12H,9,11H2,(H,25,27). The van der Waals surface area contributed by atoms with E-state index in [1.165, 1.54) is 6.07 Å². The largest absolute Gasteiger partial charge is 0.436 e. The van der Waals surface area contributed by atoms with Crippen molar-refractivity contribution in [2.24, 2.45) is 0 Å².